The van der Waals surface area contributed by atoms with Crippen LogP contribution in [0.1, 0.15) is 32.4 Å². The van der Waals surface area contributed by atoms with Crippen molar-refractivity contribution in [1.82, 2.24) is 4.98 Å². The second kappa shape index (κ2) is 5.45. The van der Waals surface area contributed by atoms with Gasteiger partial charge in [-0.25, -0.2) is 4.98 Å². The number of aliphatic hydroxyl groups is 1. The van der Waals surface area contributed by atoms with Gasteiger partial charge < -0.3 is 20.5 Å². The molecule has 5 nitrogen and oxygen atoms in total. The van der Waals surface area contributed by atoms with Crippen molar-refractivity contribution in [2.75, 3.05) is 24.6 Å². The van der Waals surface area contributed by atoms with E-state index in [1.165, 1.54) is 0 Å². The van der Waals surface area contributed by atoms with Gasteiger partial charge in [-0.1, -0.05) is 0 Å². The number of pyridine rings is 1. The predicted octanol–water partition coefficient (Wildman–Crippen LogP) is 1.08. The zero-order chi connectivity index (χ0) is 14.0. The molecule has 0 spiro atoms. The highest BCUT2D eigenvalue weighted by Crippen LogP contribution is 2.25. The highest BCUT2D eigenvalue weighted by Gasteiger charge is 2.33. The van der Waals surface area contributed by atoms with Crippen molar-refractivity contribution in [2.45, 2.75) is 38.5 Å². The molecule has 5 heteroatoms. The van der Waals surface area contributed by atoms with Gasteiger partial charge in [-0.05, 0) is 38.5 Å². The highest BCUT2D eigenvalue weighted by atomic mass is 16.5. The van der Waals surface area contributed by atoms with Gasteiger partial charge in [-0.2, -0.15) is 0 Å². The minimum Gasteiger partial charge on any atom is -0.394 e. The van der Waals surface area contributed by atoms with Crippen molar-refractivity contribution in [1.29, 1.82) is 0 Å². The second-order valence-electron chi connectivity index (χ2n) is 5.80. The molecule has 1 aromatic rings. The average molecular weight is 265 g/mol. The van der Waals surface area contributed by atoms with E-state index >= 15 is 0 Å². The predicted molar refractivity (Wildman–Crippen MR) is 75.1 cm³/mol. The standard InChI is InChI=1S/C14H23N3O2/c1-10(15)11-4-5-16-13(6-11)17-7-12(8-18)19-14(2,3)9-17/h4-6,10,12,18H,7-9,15H2,1-3H3/t10-,12?/m1/s1. The number of rotatable bonds is 3. The summed E-state index contributed by atoms with van der Waals surface area (Å²) in [6.07, 6.45) is 1.61. The molecule has 0 aliphatic carbocycles. The molecule has 0 radical (unpaired) electrons. The number of anilines is 1. The van der Waals surface area contributed by atoms with E-state index in [0.29, 0.717) is 6.54 Å². The number of nitrogens with two attached hydrogens (primary N) is 1. The first kappa shape index (κ1) is 14.2. The smallest absolute Gasteiger partial charge is 0.128 e. The molecule has 19 heavy (non-hydrogen) atoms. The van der Waals surface area contributed by atoms with Gasteiger partial charge >= 0.3 is 0 Å². The number of aliphatic hydroxyl groups excluding tert-OH is 1. The Morgan fingerprint density at radius 1 is 1.63 bits per heavy atom. The summed E-state index contributed by atoms with van der Waals surface area (Å²) in [5.41, 5.74) is 6.68. The summed E-state index contributed by atoms with van der Waals surface area (Å²) >= 11 is 0. The molecule has 1 unspecified atom stereocenters. The Balaban J connectivity index is 2.22. The monoisotopic (exact) mass is 265 g/mol. The van der Waals surface area contributed by atoms with E-state index < -0.39 is 0 Å². The van der Waals surface area contributed by atoms with E-state index in [2.05, 4.69) is 9.88 Å². The van der Waals surface area contributed by atoms with Gasteiger partial charge in [0.05, 0.1) is 18.3 Å². The van der Waals surface area contributed by atoms with Crippen molar-refractivity contribution < 1.29 is 9.84 Å². The number of nitrogens with zero attached hydrogens (tertiary/aromatic N) is 2. The van der Waals surface area contributed by atoms with E-state index in [-0.39, 0.29) is 24.4 Å². The van der Waals surface area contributed by atoms with Gasteiger partial charge in [0.25, 0.3) is 0 Å². The molecule has 1 aliphatic heterocycles. The van der Waals surface area contributed by atoms with Gasteiger partial charge in [0.1, 0.15) is 5.82 Å². The molecule has 0 bridgehead atoms. The fourth-order valence-corrected chi connectivity index (χ4v) is 2.46. The van der Waals surface area contributed by atoms with E-state index in [9.17, 15) is 5.11 Å². The van der Waals surface area contributed by atoms with Crippen molar-refractivity contribution in [2.24, 2.45) is 5.73 Å². The van der Waals surface area contributed by atoms with Crippen LogP contribution in [-0.4, -0.2) is 41.5 Å². The topological polar surface area (TPSA) is 71.6 Å². The van der Waals surface area contributed by atoms with Gasteiger partial charge in [-0.3, -0.25) is 0 Å². The van der Waals surface area contributed by atoms with Gasteiger partial charge in [0.15, 0.2) is 0 Å². The third-order valence-electron chi connectivity index (χ3n) is 3.30. The normalized spacial score (nSPS) is 24.3. The molecule has 0 aromatic carbocycles. The molecular formula is C14H23N3O2. The van der Waals surface area contributed by atoms with Crippen LogP contribution in [0.2, 0.25) is 0 Å². The van der Waals surface area contributed by atoms with Crippen LogP contribution in [-0.2, 0) is 4.74 Å². The van der Waals surface area contributed by atoms with Gasteiger partial charge in [0.2, 0.25) is 0 Å². The molecule has 2 rings (SSSR count). The molecule has 0 amide bonds. The van der Waals surface area contributed by atoms with Crippen LogP contribution in [0.25, 0.3) is 0 Å². The first-order valence-corrected chi connectivity index (χ1v) is 6.66. The Morgan fingerprint density at radius 2 is 2.37 bits per heavy atom. The van der Waals surface area contributed by atoms with E-state index in [0.717, 1.165) is 17.9 Å². The maximum absolute atomic E-state index is 9.34. The quantitative estimate of drug-likeness (QED) is 0.855. The van der Waals surface area contributed by atoms with Crippen molar-refractivity contribution in [3.05, 3.63) is 23.9 Å². The summed E-state index contributed by atoms with van der Waals surface area (Å²) in [5, 5.41) is 9.34. The Kier molecular flexibility index (Phi) is 4.08. The van der Waals surface area contributed by atoms with Crippen LogP contribution in [0.5, 0.6) is 0 Å². The van der Waals surface area contributed by atoms with Crippen LogP contribution in [0, 0.1) is 0 Å². The Labute approximate surface area is 114 Å². The zero-order valence-electron chi connectivity index (χ0n) is 11.8. The minimum atomic E-state index is -0.294. The third kappa shape index (κ3) is 3.43. The molecule has 3 N–H and O–H groups in total. The fraction of sp³-hybridized carbons (Fsp3) is 0.643. The lowest BCUT2D eigenvalue weighted by Crippen LogP contribution is -2.54. The van der Waals surface area contributed by atoms with Crippen molar-refractivity contribution in [3.63, 3.8) is 0 Å². The maximum Gasteiger partial charge on any atom is 0.128 e. The molecule has 1 fully saturated rings. The SMILES string of the molecule is C[C@@H](N)c1ccnc(N2CC(CO)OC(C)(C)C2)c1. The first-order valence-electron chi connectivity index (χ1n) is 6.66. The van der Waals surface area contributed by atoms with Crippen LogP contribution in [0.4, 0.5) is 5.82 Å². The molecular weight excluding hydrogens is 242 g/mol. The Hall–Kier alpha value is -1.17. The summed E-state index contributed by atoms with van der Waals surface area (Å²) in [6, 6.07) is 3.94. The maximum atomic E-state index is 9.34. The van der Waals surface area contributed by atoms with E-state index in [4.69, 9.17) is 10.5 Å². The first-order chi connectivity index (χ1) is 8.91. The Bertz CT molecular complexity index is 434. The lowest BCUT2D eigenvalue weighted by atomic mass is 10.0. The van der Waals surface area contributed by atoms with Gasteiger partial charge in [0, 0.05) is 25.3 Å². The van der Waals surface area contributed by atoms with Crippen LogP contribution in [0.15, 0.2) is 18.3 Å². The Morgan fingerprint density at radius 3 is 3.00 bits per heavy atom. The number of aromatic nitrogens is 1. The number of hydrogen-bond acceptors (Lipinski definition) is 5. The molecule has 106 valence electrons. The van der Waals surface area contributed by atoms with Gasteiger partial charge in [-0.15, -0.1) is 0 Å². The lowest BCUT2D eigenvalue weighted by Gasteiger charge is -2.43. The van der Waals surface area contributed by atoms with Crippen molar-refractivity contribution >= 4 is 5.82 Å². The molecule has 1 saturated heterocycles. The molecule has 1 aromatic heterocycles. The van der Waals surface area contributed by atoms with E-state index in [1.54, 1.807) is 6.20 Å². The van der Waals surface area contributed by atoms with Crippen LogP contribution >= 0.6 is 0 Å². The number of ether oxygens (including phenoxy) is 1. The second-order valence-corrected chi connectivity index (χ2v) is 5.80. The summed E-state index contributed by atoms with van der Waals surface area (Å²) in [6.45, 7) is 7.43. The zero-order valence-corrected chi connectivity index (χ0v) is 11.8. The van der Waals surface area contributed by atoms with Crippen molar-refractivity contribution in [3.8, 4) is 0 Å². The molecule has 1 aliphatic rings. The molecule has 2 heterocycles. The largest absolute Gasteiger partial charge is 0.394 e. The fourth-order valence-electron chi connectivity index (χ4n) is 2.46. The lowest BCUT2D eigenvalue weighted by molar-refractivity contribution is -0.101. The van der Waals surface area contributed by atoms with E-state index in [1.807, 2.05) is 32.9 Å². The van der Waals surface area contributed by atoms with Crippen LogP contribution in [0.3, 0.4) is 0 Å². The molecule has 2 atom stereocenters. The summed E-state index contributed by atoms with van der Waals surface area (Å²) < 4.78 is 5.81. The highest BCUT2D eigenvalue weighted by molar-refractivity contribution is 5.43. The average Bonchev–Trinajstić information content (AvgIpc) is 2.37. The third-order valence-corrected chi connectivity index (χ3v) is 3.30. The summed E-state index contributed by atoms with van der Waals surface area (Å²) in [4.78, 5) is 6.56. The minimum absolute atomic E-state index is 0.00978. The number of morpholine rings is 1. The van der Waals surface area contributed by atoms with Crippen LogP contribution < -0.4 is 10.6 Å². The number of hydrogen-bond donors (Lipinski definition) is 2. The molecule has 0 saturated carbocycles. The summed E-state index contributed by atoms with van der Waals surface area (Å²) in [5.74, 6) is 0.893. The summed E-state index contributed by atoms with van der Waals surface area (Å²) in [7, 11) is 0.